The zero-order chi connectivity index (χ0) is 11.4. The van der Waals surface area contributed by atoms with Crippen molar-refractivity contribution in [1.29, 1.82) is 0 Å². The molecule has 0 aliphatic carbocycles. The SMILES string of the molecule is CCC(C)Nc1nccn1-c1ccccc1. The monoisotopic (exact) mass is 215 g/mol. The van der Waals surface area contributed by atoms with Crippen molar-refractivity contribution in [2.75, 3.05) is 5.32 Å². The molecule has 0 amide bonds. The fraction of sp³-hybridized carbons (Fsp3) is 0.308. The third-order valence-corrected chi connectivity index (χ3v) is 2.66. The molecule has 1 aromatic carbocycles. The molecule has 84 valence electrons. The van der Waals surface area contributed by atoms with Gasteiger partial charge < -0.3 is 5.32 Å². The molecule has 0 bridgehead atoms. The highest BCUT2D eigenvalue weighted by Gasteiger charge is 2.06. The van der Waals surface area contributed by atoms with Crippen molar-refractivity contribution in [2.24, 2.45) is 0 Å². The molecule has 3 nitrogen and oxygen atoms in total. The van der Waals surface area contributed by atoms with Crippen LogP contribution in [0.25, 0.3) is 5.69 Å². The van der Waals surface area contributed by atoms with E-state index in [9.17, 15) is 0 Å². The van der Waals surface area contributed by atoms with E-state index in [4.69, 9.17) is 0 Å². The van der Waals surface area contributed by atoms with Crippen molar-refractivity contribution < 1.29 is 0 Å². The molecule has 1 N–H and O–H groups in total. The third kappa shape index (κ3) is 2.24. The zero-order valence-corrected chi connectivity index (χ0v) is 9.72. The van der Waals surface area contributed by atoms with Gasteiger partial charge in [0.25, 0.3) is 0 Å². The van der Waals surface area contributed by atoms with Crippen LogP contribution in [0.15, 0.2) is 42.7 Å². The molecule has 0 spiro atoms. The Hall–Kier alpha value is -1.77. The first-order valence-corrected chi connectivity index (χ1v) is 5.66. The topological polar surface area (TPSA) is 29.9 Å². The van der Waals surface area contributed by atoms with Gasteiger partial charge in [-0.2, -0.15) is 0 Å². The van der Waals surface area contributed by atoms with Crippen molar-refractivity contribution in [3.8, 4) is 5.69 Å². The van der Waals surface area contributed by atoms with Crippen LogP contribution in [-0.2, 0) is 0 Å². The fourth-order valence-electron chi connectivity index (χ4n) is 1.53. The summed E-state index contributed by atoms with van der Waals surface area (Å²) in [5, 5.41) is 3.39. The number of nitrogens with zero attached hydrogens (tertiary/aromatic N) is 2. The van der Waals surface area contributed by atoms with Crippen LogP contribution >= 0.6 is 0 Å². The molecule has 1 aromatic heterocycles. The van der Waals surface area contributed by atoms with Gasteiger partial charge in [0, 0.05) is 24.1 Å². The molecule has 0 aliphatic rings. The molecule has 2 rings (SSSR count). The van der Waals surface area contributed by atoms with Crippen LogP contribution in [0.5, 0.6) is 0 Å². The van der Waals surface area contributed by atoms with Gasteiger partial charge in [-0.25, -0.2) is 4.98 Å². The third-order valence-electron chi connectivity index (χ3n) is 2.66. The summed E-state index contributed by atoms with van der Waals surface area (Å²) in [6.45, 7) is 4.32. The molecule has 0 radical (unpaired) electrons. The molecule has 0 fully saturated rings. The number of hydrogen-bond donors (Lipinski definition) is 1. The van der Waals surface area contributed by atoms with Gasteiger partial charge in [-0.15, -0.1) is 0 Å². The normalized spacial score (nSPS) is 12.4. The Morgan fingerprint density at radius 3 is 2.75 bits per heavy atom. The molecule has 0 aliphatic heterocycles. The lowest BCUT2D eigenvalue weighted by molar-refractivity contribution is 0.749. The molecule has 16 heavy (non-hydrogen) atoms. The van der Waals surface area contributed by atoms with Crippen molar-refractivity contribution in [3.05, 3.63) is 42.7 Å². The van der Waals surface area contributed by atoms with E-state index >= 15 is 0 Å². The Morgan fingerprint density at radius 1 is 1.31 bits per heavy atom. The van der Waals surface area contributed by atoms with Crippen LogP contribution in [0.2, 0.25) is 0 Å². The maximum Gasteiger partial charge on any atom is 0.207 e. The maximum absolute atomic E-state index is 4.33. The molecular weight excluding hydrogens is 198 g/mol. The van der Waals surface area contributed by atoms with Crippen LogP contribution in [0.3, 0.4) is 0 Å². The lowest BCUT2D eigenvalue weighted by atomic mass is 10.3. The van der Waals surface area contributed by atoms with Crippen molar-refractivity contribution in [1.82, 2.24) is 9.55 Å². The Balaban J connectivity index is 2.26. The summed E-state index contributed by atoms with van der Waals surface area (Å²) in [5.74, 6) is 0.903. The maximum atomic E-state index is 4.33. The Morgan fingerprint density at radius 2 is 2.06 bits per heavy atom. The highest BCUT2D eigenvalue weighted by molar-refractivity contribution is 5.41. The summed E-state index contributed by atoms with van der Waals surface area (Å²) in [7, 11) is 0. The van der Waals surface area contributed by atoms with Gasteiger partial charge in [-0.3, -0.25) is 4.57 Å². The first-order chi connectivity index (χ1) is 7.81. The number of imidazole rings is 1. The Kier molecular flexibility index (Phi) is 3.25. The van der Waals surface area contributed by atoms with E-state index in [1.165, 1.54) is 0 Å². The van der Waals surface area contributed by atoms with Gasteiger partial charge >= 0.3 is 0 Å². The summed E-state index contributed by atoms with van der Waals surface area (Å²) in [6.07, 6.45) is 4.87. The number of para-hydroxylation sites is 1. The first-order valence-electron chi connectivity index (χ1n) is 5.66. The van der Waals surface area contributed by atoms with Gasteiger partial charge in [-0.05, 0) is 25.5 Å². The number of hydrogen-bond acceptors (Lipinski definition) is 2. The van der Waals surface area contributed by atoms with Crippen LogP contribution < -0.4 is 5.32 Å². The first kappa shape index (κ1) is 10.7. The minimum Gasteiger partial charge on any atom is -0.353 e. The van der Waals surface area contributed by atoms with Crippen LogP contribution in [0, 0.1) is 0 Å². The van der Waals surface area contributed by atoms with Gasteiger partial charge in [0.2, 0.25) is 5.95 Å². The summed E-state index contributed by atoms with van der Waals surface area (Å²) in [6, 6.07) is 10.7. The van der Waals surface area contributed by atoms with E-state index in [1.807, 2.05) is 30.6 Å². The summed E-state index contributed by atoms with van der Waals surface area (Å²) >= 11 is 0. The van der Waals surface area contributed by atoms with E-state index in [0.29, 0.717) is 6.04 Å². The average molecular weight is 215 g/mol. The van der Waals surface area contributed by atoms with Crippen molar-refractivity contribution in [3.63, 3.8) is 0 Å². The summed E-state index contributed by atoms with van der Waals surface area (Å²) in [4.78, 5) is 4.33. The molecule has 1 heterocycles. The van der Waals surface area contributed by atoms with Gasteiger partial charge in [0.05, 0.1) is 0 Å². The van der Waals surface area contributed by atoms with E-state index in [1.54, 1.807) is 0 Å². The predicted molar refractivity (Wildman–Crippen MR) is 66.9 cm³/mol. The number of nitrogens with one attached hydrogen (secondary N) is 1. The second-order valence-electron chi connectivity index (χ2n) is 3.91. The standard InChI is InChI=1S/C13H17N3/c1-3-11(2)15-13-14-9-10-16(13)12-7-5-4-6-8-12/h4-11H,3H2,1-2H3,(H,14,15). The molecule has 1 atom stereocenters. The van der Waals surface area contributed by atoms with Gasteiger partial charge in [0.1, 0.15) is 0 Å². The Labute approximate surface area is 96.1 Å². The lowest BCUT2D eigenvalue weighted by Crippen LogP contribution is -2.16. The van der Waals surface area contributed by atoms with Crippen LogP contribution in [0.1, 0.15) is 20.3 Å². The van der Waals surface area contributed by atoms with Crippen molar-refractivity contribution in [2.45, 2.75) is 26.3 Å². The molecule has 3 heteroatoms. The van der Waals surface area contributed by atoms with Gasteiger partial charge in [0.15, 0.2) is 0 Å². The quantitative estimate of drug-likeness (QED) is 0.849. The van der Waals surface area contributed by atoms with Crippen LogP contribution in [-0.4, -0.2) is 15.6 Å². The predicted octanol–water partition coefficient (Wildman–Crippen LogP) is 3.08. The number of rotatable bonds is 4. The van der Waals surface area contributed by atoms with E-state index < -0.39 is 0 Å². The van der Waals surface area contributed by atoms with E-state index in [-0.39, 0.29) is 0 Å². The molecule has 0 saturated heterocycles. The molecule has 1 unspecified atom stereocenters. The smallest absolute Gasteiger partial charge is 0.207 e. The van der Waals surface area contributed by atoms with Gasteiger partial charge in [-0.1, -0.05) is 25.1 Å². The van der Waals surface area contributed by atoms with Crippen molar-refractivity contribution >= 4 is 5.95 Å². The number of benzene rings is 1. The largest absolute Gasteiger partial charge is 0.353 e. The second kappa shape index (κ2) is 4.84. The number of anilines is 1. The van der Waals surface area contributed by atoms with E-state index in [2.05, 4.69) is 40.8 Å². The average Bonchev–Trinajstić information content (AvgIpc) is 2.78. The highest BCUT2D eigenvalue weighted by atomic mass is 15.2. The Bertz CT molecular complexity index is 433. The lowest BCUT2D eigenvalue weighted by Gasteiger charge is -2.14. The molecular formula is C13H17N3. The number of aromatic nitrogens is 2. The van der Waals surface area contributed by atoms with Crippen LogP contribution in [0.4, 0.5) is 5.95 Å². The minimum atomic E-state index is 0.435. The second-order valence-corrected chi connectivity index (χ2v) is 3.91. The fourth-order valence-corrected chi connectivity index (χ4v) is 1.53. The summed E-state index contributed by atoms with van der Waals surface area (Å²) in [5.41, 5.74) is 1.13. The summed E-state index contributed by atoms with van der Waals surface area (Å²) < 4.78 is 2.06. The minimum absolute atomic E-state index is 0.435. The molecule has 2 aromatic rings. The highest BCUT2D eigenvalue weighted by Crippen LogP contribution is 2.14. The van der Waals surface area contributed by atoms with E-state index in [0.717, 1.165) is 18.1 Å². The zero-order valence-electron chi connectivity index (χ0n) is 9.72. The molecule has 0 saturated carbocycles.